The molecule has 0 aromatic carbocycles. The van der Waals surface area contributed by atoms with E-state index in [1.165, 1.54) is 6.42 Å². The standard InChI is InChI=1S/C13H25NO3/c1-14(11-4-2-3-5-12(11)16)8-13(9-15)6-7-17-10-13/h11-12,15-16H,2-10H2,1H3. The number of likely N-dealkylation sites (N-methyl/N-ethyl adjacent to an activating group) is 1. The Hall–Kier alpha value is -0.160. The Bertz CT molecular complexity index is 241. The zero-order valence-electron chi connectivity index (χ0n) is 10.8. The molecular weight excluding hydrogens is 218 g/mol. The van der Waals surface area contributed by atoms with Gasteiger partial charge in [0.2, 0.25) is 0 Å². The summed E-state index contributed by atoms with van der Waals surface area (Å²) in [5, 5.41) is 19.6. The van der Waals surface area contributed by atoms with E-state index >= 15 is 0 Å². The number of hydrogen-bond acceptors (Lipinski definition) is 4. The Morgan fingerprint density at radius 1 is 1.35 bits per heavy atom. The number of aliphatic hydroxyl groups excluding tert-OH is 2. The second-order valence-electron chi connectivity index (χ2n) is 5.79. The summed E-state index contributed by atoms with van der Waals surface area (Å²) in [4.78, 5) is 2.23. The van der Waals surface area contributed by atoms with Gasteiger partial charge in [-0.2, -0.15) is 0 Å². The van der Waals surface area contributed by atoms with Crippen LogP contribution in [0.1, 0.15) is 32.1 Å². The van der Waals surface area contributed by atoms with Crippen LogP contribution in [-0.2, 0) is 4.74 Å². The second kappa shape index (κ2) is 5.65. The summed E-state index contributed by atoms with van der Waals surface area (Å²) < 4.78 is 5.42. The van der Waals surface area contributed by atoms with Crippen LogP contribution in [0.4, 0.5) is 0 Å². The van der Waals surface area contributed by atoms with Gasteiger partial charge in [-0.05, 0) is 26.3 Å². The van der Waals surface area contributed by atoms with Crippen LogP contribution in [0, 0.1) is 5.41 Å². The molecule has 4 heteroatoms. The Kier molecular flexibility index (Phi) is 4.42. The molecule has 0 bridgehead atoms. The van der Waals surface area contributed by atoms with Gasteiger partial charge in [0.1, 0.15) is 0 Å². The Morgan fingerprint density at radius 2 is 2.12 bits per heavy atom. The fraction of sp³-hybridized carbons (Fsp3) is 1.00. The molecule has 2 fully saturated rings. The largest absolute Gasteiger partial charge is 0.396 e. The molecule has 1 saturated carbocycles. The van der Waals surface area contributed by atoms with Gasteiger partial charge >= 0.3 is 0 Å². The molecule has 4 nitrogen and oxygen atoms in total. The SMILES string of the molecule is CN(CC1(CO)CCOC1)C1CCCCC1O. The van der Waals surface area contributed by atoms with Crippen LogP contribution in [0.2, 0.25) is 0 Å². The molecule has 0 aromatic rings. The molecule has 1 heterocycles. The lowest BCUT2D eigenvalue weighted by molar-refractivity contribution is -0.00428. The summed E-state index contributed by atoms with van der Waals surface area (Å²) in [6, 6.07) is 0.257. The van der Waals surface area contributed by atoms with Crippen molar-refractivity contribution in [1.82, 2.24) is 4.90 Å². The van der Waals surface area contributed by atoms with Gasteiger partial charge in [-0.3, -0.25) is 0 Å². The maximum Gasteiger partial charge on any atom is 0.0695 e. The van der Waals surface area contributed by atoms with Crippen molar-refractivity contribution in [2.45, 2.75) is 44.2 Å². The van der Waals surface area contributed by atoms with E-state index in [1.54, 1.807) is 0 Å². The van der Waals surface area contributed by atoms with E-state index in [9.17, 15) is 10.2 Å². The van der Waals surface area contributed by atoms with E-state index in [1.807, 2.05) is 0 Å². The van der Waals surface area contributed by atoms with Gasteiger partial charge in [0.25, 0.3) is 0 Å². The highest BCUT2D eigenvalue weighted by molar-refractivity contribution is 4.89. The smallest absolute Gasteiger partial charge is 0.0695 e. The fourth-order valence-electron chi connectivity index (χ4n) is 3.20. The number of hydrogen-bond donors (Lipinski definition) is 2. The maximum atomic E-state index is 10.0. The van der Waals surface area contributed by atoms with Crippen LogP contribution in [0.25, 0.3) is 0 Å². The van der Waals surface area contributed by atoms with Crippen molar-refractivity contribution >= 4 is 0 Å². The van der Waals surface area contributed by atoms with Crippen molar-refractivity contribution in [2.24, 2.45) is 5.41 Å². The second-order valence-corrected chi connectivity index (χ2v) is 5.79. The predicted molar refractivity (Wildman–Crippen MR) is 65.8 cm³/mol. The molecule has 0 amide bonds. The van der Waals surface area contributed by atoms with Crippen LogP contribution in [-0.4, -0.2) is 60.7 Å². The Morgan fingerprint density at radius 3 is 2.71 bits per heavy atom. The van der Waals surface area contributed by atoms with Gasteiger partial charge in [0.15, 0.2) is 0 Å². The van der Waals surface area contributed by atoms with Crippen molar-refractivity contribution < 1.29 is 14.9 Å². The van der Waals surface area contributed by atoms with Gasteiger partial charge in [0.05, 0.1) is 19.3 Å². The topological polar surface area (TPSA) is 52.9 Å². The Labute approximate surface area is 104 Å². The lowest BCUT2D eigenvalue weighted by Gasteiger charge is -2.39. The fourth-order valence-corrected chi connectivity index (χ4v) is 3.20. The zero-order valence-corrected chi connectivity index (χ0v) is 10.8. The molecular formula is C13H25NO3. The quantitative estimate of drug-likeness (QED) is 0.760. The molecule has 3 unspecified atom stereocenters. The highest BCUT2D eigenvalue weighted by Crippen LogP contribution is 2.31. The molecule has 0 spiro atoms. The minimum Gasteiger partial charge on any atom is -0.396 e. The highest BCUT2D eigenvalue weighted by atomic mass is 16.5. The van der Waals surface area contributed by atoms with Crippen LogP contribution in [0.3, 0.4) is 0 Å². The van der Waals surface area contributed by atoms with E-state index in [0.29, 0.717) is 6.61 Å². The van der Waals surface area contributed by atoms with Crippen molar-refractivity contribution in [3.8, 4) is 0 Å². The average Bonchev–Trinajstić information content (AvgIpc) is 2.79. The minimum atomic E-state index is -0.202. The number of aliphatic hydroxyl groups is 2. The third-order valence-corrected chi connectivity index (χ3v) is 4.37. The molecule has 1 aliphatic carbocycles. The lowest BCUT2D eigenvalue weighted by atomic mass is 9.85. The molecule has 2 rings (SSSR count). The van der Waals surface area contributed by atoms with Crippen molar-refractivity contribution in [3.05, 3.63) is 0 Å². The summed E-state index contributed by atoms with van der Waals surface area (Å²) in [5.74, 6) is 0. The van der Waals surface area contributed by atoms with Gasteiger partial charge in [-0.15, -0.1) is 0 Å². The third-order valence-electron chi connectivity index (χ3n) is 4.37. The van der Waals surface area contributed by atoms with Crippen LogP contribution in [0.5, 0.6) is 0 Å². The third kappa shape index (κ3) is 2.99. The van der Waals surface area contributed by atoms with Crippen LogP contribution in [0.15, 0.2) is 0 Å². The van der Waals surface area contributed by atoms with E-state index in [0.717, 1.165) is 38.8 Å². The minimum absolute atomic E-state index is 0.105. The van der Waals surface area contributed by atoms with Crippen LogP contribution >= 0.6 is 0 Å². The molecule has 17 heavy (non-hydrogen) atoms. The highest BCUT2D eigenvalue weighted by Gasteiger charge is 2.38. The molecule has 1 saturated heterocycles. The average molecular weight is 243 g/mol. The first-order chi connectivity index (χ1) is 8.17. The molecule has 1 aliphatic heterocycles. The number of rotatable bonds is 4. The van der Waals surface area contributed by atoms with E-state index in [2.05, 4.69) is 11.9 Å². The predicted octanol–water partition coefficient (Wildman–Crippen LogP) is 0.621. The van der Waals surface area contributed by atoms with Gasteiger partial charge in [-0.1, -0.05) is 12.8 Å². The van der Waals surface area contributed by atoms with E-state index in [4.69, 9.17) is 4.74 Å². The molecule has 0 aromatic heterocycles. The summed E-state index contributed by atoms with van der Waals surface area (Å²) >= 11 is 0. The van der Waals surface area contributed by atoms with Crippen LogP contribution < -0.4 is 0 Å². The summed E-state index contributed by atoms with van der Waals surface area (Å²) in [6.07, 6.45) is 5.05. The molecule has 100 valence electrons. The monoisotopic (exact) mass is 243 g/mol. The number of ether oxygens (including phenoxy) is 1. The maximum absolute atomic E-state index is 10.0. The summed E-state index contributed by atoms with van der Waals surface area (Å²) in [7, 11) is 2.06. The van der Waals surface area contributed by atoms with Gasteiger partial charge in [0, 0.05) is 24.6 Å². The first-order valence-electron chi connectivity index (χ1n) is 6.74. The summed E-state index contributed by atoms with van der Waals surface area (Å²) in [5.41, 5.74) is -0.105. The van der Waals surface area contributed by atoms with E-state index < -0.39 is 0 Å². The zero-order chi connectivity index (χ0) is 12.3. The number of nitrogens with zero attached hydrogens (tertiary/aromatic N) is 1. The van der Waals surface area contributed by atoms with Gasteiger partial charge < -0.3 is 19.8 Å². The first-order valence-corrected chi connectivity index (χ1v) is 6.74. The van der Waals surface area contributed by atoms with Crippen molar-refractivity contribution in [2.75, 3.05) is 33.4 Å². The molecule has 0 radical (unpaired) electrons. The summed E-state index contributed by atoms with van der Waals surface area (Å²) in [6.45, 7) is 2.41. The first kappa shape index (κ1) is 13.3. The Balaban J connectivity index is 1.92. The normalized spacial score (nSPS) is 38.8. The lowest BCUT2D eigenvalue weighted by Crippen LogP contribution is -2.49. The van der Waals surface area contributed by atoms with Gasteiger partial charge in [-0.25, -0.2) is 0 Å². The molecule has 2 N–H and O–H groups in total. The van der Waals surface area contributed by atoms with Crippen molar-refractivity contribution in [3.63, 3.8) is 0 Å². The molecule has 3 atom stereocenters. The van der Waals surface area contributed by atoms with E-state index in [-0.39, 0.29) is 24.2 Å². The molecule has 2 aliphatic rings. The van der Waals surface area contributed by atoms with Crippen molar-refractivity contribution in [1.29, 1.82) is 0 Å².